The molecule has 7 heteroatoms. The summed E-state index contributed by atoms with van der Waals surface area (Å²) in [4.78, 5) is 22.4. The second-order valence-corrected chi connectivity index (χ2v) is 5.50. The number of rotatable bonds is 6. The summed E-state index contributed by atoms with van der Waals surface area (Å²) in [6, 6.07) is 13.4. The van der Waals surface area contributed by atoms with Crippen molar-refractivity contribution in [1.29, 1.82) is 0 Å². The lowest BCUT2D eigenvalue weighted by Gasteiger charge is -2.21. The summed E-state index contributed by atoms with van der Waals surface area (Å²) >= 11 is 0. The van der Waals surface area contributed by atoms with Crippen LogP contribution in [0.15, 0.2) is 61.3 Å². The van der Waals surface area contributed by atoms with E-state index in [1.807, 2.05) is 49.4 Å². The van der Waals surface area contributed by atoms with Gasteiger partial charge in [0, 0.05) is 19.3 Å². The fourth-order valence-electron chi connectivity index (χ4n) is 2.45. The van der Waals surface area contributed by atoms with Gasteiger partial charge in [-0.2, -0.15) is 5.10 Å². The van der Waals surface area contributed by atoms with Crippen molar-refractivity contribution in [3.8, 4) is 5.69 Å². The molecule has 3 aromatic rings. The molecule has 0 unspecified atom stereocenters. The van der Waals surface area contributed by atoms with Crippen LogP contribution in [0.2, 0.25) is 0 Å². The molecule has 0 atom stereocenters. The molecule has 0 saturated carbocycles. The van der Waals surface area contributed by atoms with Crippen molar-refractivity contribution in [2.45, 2.75) is 20.0 Å². The summed E-state index contributed by atoms with van der Waals surface area (Å²) in [5.74, 6) is 0. The van der Waals surface area contributed by atoms with Crippen LogP contribution in [0, 0.1) is 0 Å². The number of benzene rings is 1. The molecule has 0 fully saturated rings. The predicted octanol–water partition coefficient (Wildman–Crippen LogP) is 2.39. The summed E-state index contributed by atoms with van der Waals surface area (Å²) < 4.78 is 1.69. The smallest absolute Gasteiger partial charge is 0.318 e. The van der Waals surface area contributed by atoms with Crippen LogP contribution in [0.3, 0.4) is 0 Å². The zero-order chi connectivity index (χ0) is 17.5. The molecule has 0 aliphatic heterocycles. The Hall–Kier alpha value is -3.22. The van der Waals surface area contributed by atoms with Gasteiger partial charge in [-0.3, -0.25) is 4.98 Å². The molecule has 0 bridgehead atoms. The summed E-state index contributed by atoms with van der Waals surface area (Å²) in [7, 11) is 0. The molecule has 2 amide bonds. The Kier molecular flexibility index (Phi) is 5.36. The number of nitrogens with zero attached hydrogens (tertiary/aromatic N) is 5. The molecule has 1 aromatic carbocycles. The average Bonchev–Trinajstić information content (AvgIpc) is 3.20. The number of aromatic nitrogens is 4. The number of nitrogens with one attached hydrogen (secondary N) is 1. The normalized spacial score (nSPS) is 10.4. The monoisotopic (exact) mass is 336 g/mol. The van der Waals surface area contributed by atoms with Crippen molar-refractivity contribution in [2.24, 2.45) is 0 Å². The van der Waals surface area contributed by atoms with Crippen LogP contribution in [0.1, 0.15) is 18.2 Å². The van der Waals surface area contributed by atoms with E-state index in [0.717, 1.165) is 16.9 Å². The van der Waals surface area contributed by atoms with Gasteiger partial charge in [0.15, 0.2) is 0 Å². The first-order valence-corrected chi connectivity index (χ1v) is 8.13. The Balaban J connectivity index is 1.60. The minimum Gasteiger partial charge on any atom is -0.334 e. The van der Waals surface area contributed by atoms with Gasteiger partial charge in [0.25, 0.3) is 0 Å². The standard InChI is InChI=1S/C18H20N6O/c1-2-23(12-16-7-3-4-9-20-16)18(25)21-11-15-6-5-8-17(10-15)24-14-19-13-22-24/h3-10,13-14H,2,11-12H2,1H3,(H,21,25). The second-order valence-electron chi connectivity index (χ2n) is 5.50. The SMILES string of the molecule is CCN(Cc1ccccn1)C(=O)NCc1cccc(-n2cncn2)c1. The van der Waals surface area contributed by atoms with E-state index < -0.39 is 0 Å². The molecule has 0 spiro atoms. The second kappa shape index (κ2) is 8.05. The molecule has 0 saturated heterocycles. The van der Waals surface area contributed by atoms with Crippen LogP contribution in [-0.2, 0) is 13.1 Å². The zero-order valence-electron chi connectivity index (χ0n) is 14.0. The summed E-state index contributed by atoms with van der Waals surface area (Å²) in [5, 5.41) is 7.07. The molecule has 0 radical (unpaired) electrons. The first-order chi connectivity index (χ1) is 12.3. The van der Waals surface area contributed by atoms with E-state index in [1.165, 1.54) is 6.33 Å². The topological polar surface area (TPSA) is 75.9 Å². The number of carbonyl (C=O) groups excluding carboxylic acids is 1. The van der Waals surface area contributed by atoms with Crippen LogP contribution < -0.4 is 5.32 Å². The first kappa shape index (κ1) is 16.6. The third-order valence-corrected chi connectivity index (χ3v) is 3.79. The Morgan fingerprint density at radius 2 is 2.16 bits per heavy atom. The maximum absolute atomic E-state index is 12.4. The van der Waals surface area contributed by atoms with Gasteiger partial charge in [-0.15, -0.1) is 0 Å². The quantitative estimate of drug-likeness (QED) is 0.750. The third-order valence-electron chi connectivity index (χ3n) is 3.79. The molecule has 2 aromatic heterocycles. The van der Waals surface area contributed by atoms with Crippen LogP contribution >= 0.6 is 0 Å². The largest absolute Gasteiger partial charge is 0.334 e. The van der Waals surface area contributed by atoms with Gasteiger partial charge in [-0.25, -0.2) is 14.5 Å². The molecule has 25 heavy (non-hydrogen) atoms. The summed E-state index contributed by atoms with van der Waals surface area (Å²) in [5.41, 5.74) is 2.77. The number of hydrogen-bond donors (Lipinski definition) is 1. The molecule has 1 N–H and O–H groups in total. The Bertz CT molecular complexity index is 803. The fraction of sp³-hybridized carbons (Fsp3) is 0.222. The average molecular weight is 336 g/mol. The molecular weight excluding hydrogens is 316 g/mol. The first-order valence-electron chi connectivity index (χ1n) is 8.13. The fourth-order valence-corrected chi connectivity index (χ4v) is 2.45. The van der Waals surface area contributed by atoms with Crippen molar-refractivity contribution in [2.75, 3.05) is 6.54 Å². The number of hydrogen-bond acceptors (Lipinski definition) is 4. The van der Waals surface area contributed by atoms with Gasteiger partial charge in [-0.05, 0) is 36.8 Å². The van der Waals surface area contributed by atoms with Crippen LogP contribution in [-0.4, -0.2) is 37.2 Å². The minimum absolute atomic E-state index is 0.112. The maximum Gasteiger partial charge on any atom is 0.318 e. The zero-order valence-corrected chi connectivity index (χ0v) is 14.0. The van der Waals surface area contributed by atoms with E-state index >= 15 is 0 Å². The van der Waals surface area contributed by atoms with E-state index in [9.17, 15) is 4.79 Å². The van der Waals surface area contributed by atoms with Crippen molar-refractivity contribution in [1.82, 2.24) is 30.0 Å². The number of carbonyl (C=O) groups is 1. The highest BCUT2D eigenvalue weighted by atomic mass is 16.2. The number of urea groups is 1. The van der Waals surface area contributed by atoms with E-state index in [-0.39, 0.29) is 6.03 Å². The molecule has 3 rings (SSSR count). The van der Waals surface area contributed by atoms with Gasteiger partial charge in [0.2, 0.25) is 0 Å². The summed E-state index contributed by atoms with van der Waals surface area (Å²) in [6.07, 6.45) is 4.87. The van der Waals surface area contributed by atoms with E-state index in [2.05, 4.69) is 20.4 Å². The van der Waals surface area contributed by atoms with Crippen molar-refractivity contribution < 1.29 is 4.79 Å². The molecule has 7 nitrogen and oxygen atoms in total. The highest BCUT2D eigenvalue weighted by Gasteiger charge is 2.12. The highest BCUT2D eigenvalue weighted by Crippen LogP contribution is 2.09. The van der Waals surface area contributed by atoms with Gasteiger partial charge in [0.05, 0.1) is 17.9 Å². The van der Waals surface area contributed by atoms with Crippen LogP contribution in [0.5, 0.6) is 0 Å². The lowest BCUT2D eigenvalue weighted by molar-refractivity contribution is 0.197. The number of pyridine rings is 1. The Labute approximate surface area is 146 Å². The lowest BCUT2D eigenvalue weighted by Crippen LogP contribution is -2.39. The van der Waals surface area contributed by atoms with E-state index in [0.29, 0.717) is 19.6 Å². The highest BCUT2D eigenvalue weighted by molar-refractivity contribution is 5.74. The molecule has 128 valence electrons. The molecule has 0 aliphatic carbocycles. The third kappa shape index (κ3) is 4.41. The van der Waals surface area contributed by atoms with Crippen molar-refractivity contribution >= 4 is 6.03 Å². The maximum atomic E-state index is 12.4. The molecule has 0 aliphatic rings. The van der Waals surface area contributed by atoms with E-state index in [1.54, 1.807) is 22.1 Å². The van der Waals surface area contributed by atoms with Gasteiger partial charge in [-0.1, -0.05) is 18.2 Å². The Morgan fingerprint density at radius 1 is 1.24 bits per heavy atom. The number of amides is 2. The van der Waals surface area contributed by atoms with Crippen LogP contribution in [0.4, 0.5) is 4.79 Å². The predicted molar refractivity (Wildman–Crippen MR) is 93.9 cm³/mol. The van der Waals surface area contributed by atoms with Crippen molar-refractivity contribution in [3.05, 3.63) is 72.6 Å². The molecular formula is C18H20N6O. The van der Waals surface area contributed by atoms with E-state index in [4.69, 9.17) is 0 Å². The van der Waals surface area contributed by atoms with Gasteiger partial charge >= 0.3 is 6.03 Å². The lowest BCUT2D eigenvalue weighted by atomic mass is 10.2. The van der Waals surface area contributed by atoms with Gasteiger partial charge in [0.1, 0.15) is 12.7 Å². The Morgan fingerprint density at radius 3 is 2.88 bits per heavy atom. The van der Waals surface area contributed by atoms with Crippen molar-refractivity contribution in [3.63, 3.8) is 0 Å². The van der Waals surface area contributed by atoms with Gasteiger partial charge < -0.3 is 10.2 Å². The molecule has 2 heterocycles. The summed E-state index contributed by atoms with van der Waals surface area (Å²) in [6.45, 7) is 3.50. The minimum atomic E-state index is -0.112. The van der Waals surface area contributed by atoms with Crippen LogP contribution in [0.25, 0.3) is 5.69 Å².